The molecule has 1 fully saturated rings. The second kappa shape index (κ2) is 5.82. The minimum absolute atomic E-state index is 0.0683. The predicted octanol–water partition coefficient (Wildman–Crippen LogP) is 5.49. The number of hydrogen-bond donors (Lipinski definition) is 0. The summed E-state index contributed by atoms with van der Waals surface area (Å²) in [5.41, 5.74) is 3.62. The minimum atomic E-state index is 0.0683. The lowest BCUT2D eigenvalue weighted by Gasteiger charge is -2.32. The average molecular weight is 285 g/mol. The first kappa shape index (κ1) is 13.4. The first-order valence-corrected chi connectivity index (χ1v) is 7.22. The molecule has 0 amide bonds. The van der Waals surface area contributed by atoms with Gasteiger partial charge in [-0.1, -0.05) is 66.2 Å². The first-order chi connectivity index (χ1) is 9.72. The monoisotopic (exact) mass is 284 g/mol. The van der Waals surface area contributed by atoms with Crippen molar-refractivity contribution in [1.29, 1.82) is 0 Å². The van der Waals surface area contributed by atoms with E-state index >= 15 is 0 Å². The fourth-order valence-corrected chi connectivity index (χ4v) is 2.77. The van der Waals surface area contributed by atoms with Crippen LogP contribution in [0.5, 0.6) is 0 Å². The number of halogens is 1. The zero-order valence-corrected chi connectivity index (χ0v) is 12.0. The number of benzene rings is 2. The van der Waals surface area contributed by atoms with Crippen molar-refractivity contribution in [2.24, 2.45) is 0 Å². The molecular weight excluding hydrogens is 268 g/mol. The fraction of sp³-hybridized carbons (Fsp3) is 0.222. The molecule has 20 heavy (non-hydrogen) atoms. The van der Waals surface area contributed by atoms with Crippen molar-refractivity contribution in [2.45, 2.75) is 25.0 Å². The highest BCUT2D eigenvalue weighted by Crippen LogP contribution is 2.40. The molecule has 0 spiro atoms. The van der Waals surface area contributed by atoms with Gasteiger partial charge in [0.1, 0.15) is 0 Å². The SMILES string of the molecule is C=C1C[C@@H](c2ccccc2)O[C@@H](c2ccc(Cl)cc2)C1. The third-order valence-electron chi connectivity index (χ3n) is 3.69. The van der Waals surface area contributed by atoms with E-state index in [1.807, 2.05) is 42.5 Å². The van der Waals surface area contributed by atoms with E-state index in [9.17, 15) is 0 Å². The Kier molecular flexibility index (Phi) is 3.90. The second-order valence-corrected chi connectivity index (χ2v) is 5.67. The van der Waals surface area contributed by atoms with Crippen molar-refractivity contribution in [2.75, 3.05) is 0 Å². The molecule has 0 bridgehead atoms. The van der Waals surface area contributed by atoms with Gasteiger partial charge in [0, 0.05) is 5.02 Å². The number of rotatable bonds is 2. The molecule has 0 radical (unpaired) electrons. The lowest BCUT2D eigenvalue weighted by Crippen LogP contribution is -2.17. The van der Waals surface area contributed by atoms with Gasteiger partial charge in [-0.3, -0.25) is 0 Å². The van der Waals surface area contributed by atoms with Gasteiger partial charge in [0.15, 0.2) is 0 Å². The molecule has 0 aromatic heterocycles. The standard InChI is InChI=1S/C18H17ClO/c1-13-11-17(14-5-3-2-4-6-14)20-18(12-13)15-7-9-16(19)10-8-15/h2-10,17-18H,1,11-12H2/t17-,18+/m0/s1. The summed E-state index contributed by atoms with van der Waals surface area (Å²) < 4.78 is 6.26. The second-order valence-electron chi connectivity index (χ2n) is 5.23. The van der Waals surface area contributed by atoms with E-state index in [-0.39, 0.29) is 12.2 Å². The molecule has 0 unspecified atom stereocenters. The molecule has 1 saturated heterocycles. The van der Waals surface area contributed by atoms with Crippen LogP contribution in [0.1, 0.15) is 36.2 Å². The zero-order valence-electron chi connectivity index (χ0n) is 11.3. The third kappa shape index (κ3) is 2.95. The summed E-state index contributed by atoms with van der Waals surface area (Å²) in [6.45, 7) is 4.18. The summed E-state index contributed by atoms with van der Waals surface area (Å²) >= 11 is 5.95. The highest BCUT2D eigenvalue weighted by atomic mass is 35.5. The van der Waals surface area contributed by atoms with Crippen LogP contribution in [-0.2, 0) is 4.74 Å². The van der Waals surface area contributed by atoms with Crippen molar-refractivity contribution in [3.8, 4) is 0 Å². The van der Waals surface area contributed by atoms with Crippen molar-refractivity contribution >= 4 is 11.6 Å². The molecule has 1 heterocycles. The van der Waals surface area contributed by atoms with E-state index in [0.29, 0.717) is 0 Å². The number of hydrogen-bond acceptors (Lipinski definition) is 1. The Labute approximate surface area is 124 Å². The van der Waals surface area contributed by atoms with Gasteiger partial charge in [0.2, 0.25) is 0 Å². The molecule has 0 N–H and O–H groups in total. The van der Waals surface area contributed by atoms with E-state index in [0.717, 1.165) is 23.4 Å². The van der Waals surface area contributed by atoms with Gasteiger partial charge in [-0.05, 0) is 36.1 Å². The Hall–Kier alpha value is -1.57. The molecule has 2 aromatic carbocycles. The normalized spacial score (nSPS) is 22.8. The highest BCUT2D eigenvalue weighted by molar-refractivity contribution is 6.30. The summed E-state index contributed by atoms with van der Waals surface area (Å²) in [7, 11) is 0. The summed E-state index contributed by atoms with van der Waals surface area (Å²) in [6.07, 6.45) is 1.94. The molecule has 2 aromatic rings. The lowest BCUT2D eigenvalue weighted by atomic mass is 9.92. The first-order valence-electron chi connectivity index (χ1n) is 6.85. The van der Waals surface area contributed by atoms with E-state index in [1.54, 1.807) is 0 Å². The average Bonchev–Trinajstić information content (AvgIpc) is 2.48. The summed E-state index contributed by atoms with van der Waals surface area (Å²) in [4.78, 5) is 0. The van der Waals surface area contributed by atoms with Gasteiger partial charge >= 0.3 is 0 Å². The maximum Gasteiger partial charge on any atom is 0.0870 e. The van der Waals surface area contributed by atoms with Crippen molar-refractivity contribution in [1.82, 2.24) is 0 Å². The Morgan fingerprint density at radius 2 is 1.40 bits per heavy atom. The van der Waals surface area contributed by atoms with E-state index in [2.05, 4.69) is 18.7 Å². The van der Waals surface area contributed by atoms with Gasteiger partial charge < -0.3 is 4.74 Å². The van der Waals surface area contributed by atoms with Crippen LogP contribution in [-0.4, -0.2) is 0 Å². The molecule has 0 saturated carbocycles. The summed E-state index contributed by atoms with van der Waals surface area (Å²) in [5.74, 6) is 0. The molecule has 1 aliphatic heterocycles. The zero-order chi connectivity index (χ0) is 13.9. The van der Waals surface area contributed by atoms with Crippen LogP contribution >= 0.6 is 11.6 Å². The highest BCUT2D eigenvalue weighted by Gasteiger charge is 2.26. The Bertz CT molecular complexity index is 589. The van der Waals surface area contributed by atoms with Crippen LogP contribution in [0, 0.1) is 0 Å². The van der Waals surface area contributed by atoms with Crippen molar-refractivity contribution in [3.05, 3.63) is 82.9 Å². The lowest BCUT2D eigenvalue weighted by molar-refractivity contribution is -0.0345. The largest absolute Gasteiger partial charge is 0.365 e. The molecular formula is C18H17ClO. The number of ether oxygens (including phenoxy) is 1. The topological polar surface area (TPSA) is 9.23 Å². The molecule has 2 heteroatoms. The Morgan fingerprint density at radius 3 is 2.00 bits per heavy atom. The van der Waals surface area contributed by atoms with E-state index in [4.69, 9.17) is 16.3 Å². The Morgan fingerprint density at radius 1 is 0.850 bits per heavy atom. The van der Waals surface area contributed by atoms with Crippen LogP contribution in [0.4, 0.5) is 0 Å². The van der Waals surface area contributed by atoms with Gasteiger partial charge in [-0.25, -0.2) is 0 Å². The maximum atomic E-state index is 6.26. The molecule has 1 nitrogen and oxygen atoms in total. The van der Waals surface area contributed by atoms with Crippen LogP contribution in [0.3, 0.4) is 0 Å². The summed E-state index contributed by atoms with van der Waals surface area (Å²) in [6, 6.07) is 18.2. The smallest absolute Gasteiger partial charge is 0.0870 e. The van der Waals surface area contributed by atoms with Crippen LogP contribution in [0.25, 0.3) is 0 Å². The fourth-order valence-electron chi connectivity index (χ4n) is 2.64. The molecule has 102 valence electrons. The maximum absolute atomic E-state index is 6.26. The van der Waals surface area contributed by atoms with Crippen LogP contribution in [0.2, 0.25) is 5.02 Å². The molecule has 1 aliphatic rings. The van der Waals surface area contributed by atoms with Gasteiger partial charge in [-0.2, -0.15) is 0 Å². The van der Waals surface area contributed by atoms with Crippen LogP contribution < -0.4 is 0 Å². The third-order valence-corrected chi connectivity index (χ3v) is 3.94. The van der Waals surface area contributed by atoms with Crippen molar-refractivity contribution < 1.29 is 4.74 Å². The molecule has 0 aliphatic carbocycles. The van der Waals surface area contributed by atoms with Crippen molar-refractivity contribution in [3.63, 3.8) is 0 Å². The van der Waals surface area contributed by atoms with E-state index < -0.39 is 0 Å². The minimum Gasteiger partial charge on any atom is -0.365 e. The molecule has 2 atom stereocenters. The van der Waals surface area contributed by atoms with Gasteiger partial charge in [0.05, 0.1) is 12.2 Å². The molecule has 3 rings (SSSR count). The predicted molar refractivity (Wildman–Crippen MR) is 82.8 cm³/mol. The summed E-state index contributed by atoms with van der Waals surface area (Å²) in [5, 5.41) is 0.753. The van der Waals surface area contributed by atoms with Gasteiger partial charge in [-0.15, -0.1) is 0 Å². The quantitative estimate of drug-likeness (QED) is 0.663. The van der Waals surface area contributed by atoms with Crippen LogP contribution in [0.15, 0.2) is 66.7 Å². The van der Waals surface area contributed by atoms with Gasteiger partial charge in [0.25, 0.3) is 0 Å². The van der Waals surface area contributed by atoms with E-state index in [1.165, 1.54) is 11.1 Å². The Balaban J connectivity index is 1.83.